The Balaban J connectivity index is 2.04. The third kappa shape index (κ3) is 8.14. The Morgan fingerprint density at radius 3 is 2.26 bits per heavy atom. The zero-order valence-electron chi connectivity index (χ0n) is 21.9. The van der Waals surface area contributed by atoms with E-state index >= 15 is 0 Å². The van der Waals surface area contributed by atoms with E-state index in [0.29, 0.717) is 6.54 Å². The number of rotatable bonds is 12. The van der Waals surface area contributed by atoms with Crippen molar-refractivity contribution in [3.63, 3.8) is 0 Å². The molecular formula is C29H34FN3O4S. The Bertz CT molecular complexity index is 1350. The molecule has 9 heteroatoms. The first-order chi connectivity index (χ1) is 18.1. The molecular weight excluding hydrogens is 505 g/mol. The van der Waals surface area contributed by atoms with Crippen LogP contribution in [0.15, 0.2) is 78.9 Å². The summed E-state index contributed by atoms with van der Waals surface area (Å²) in [5.41, 5.74) is 2.68. The highest BCUT2D eigenvalue weighted by molar-refractivity contribution is 7.92. The van der Waals surface area contributed by atoms with Crippen LogP contribution in [-0.2, 0) is 32.6 Å². The number of carbonyl (C=O) groups is 2. The number of aryl methyl sites for hydroxylation is 1. The van der Waals surface area contributed by atoms with Gasteiger partial charge in [0.05, 0.1) is 11.9 Å². The van der Waals surface area contributed by atoms with Gasteiger partial charge < -0.3 is 10.2 Å². The van der Waals surface area contributed by atoms with E-state index in [4.69, 9.17) is 0 Å². The van der Waals surface area contributed by atoms with Crippen molar-refractivity contribution in [2.75, 3.05) is 23.7 Å². The Hall–Kier alpha value is -3.72. The van der Waals surface area contributed by atoms with Gasteiger partial charge >= 0.3 is 0 Å². The highest BCUT2D eigenvalue weighted by Crippen LogP contribution is 2.21. The summed E-state index contributed by atoms with van der Waals surface area (Å²) >= 11 is 0. The molecule has 0 bridgehead atoms. The van der Waals surface area contributed by atoms with Crippen molar-refractivity contribution in [2.45, 2.75) is 39.3 Å². The van der Waals surface area contributed by atoms with Crippen LogP contribution in [0.4, 0.5) is 10.1 Å². The van der Waals surface area contributed by atoms with Gasteiger partial charge in [0.25, 0.3) is 0 Å². The Morgan fingerprint density at radius 1 is 0.947 bits per heavy atom. The van der Waals surface area contributed by atoms with Crippen LogP contribution >= 0.6 is 0 Å². The van der Waals surface area contributed by atoms with Crippen LogP contribution in [-0.4, -0.2) is 50.5 Å². The van der Waals surface area contributed by atoms with Crippen molar-refractivity contribution in [3.8, 4) is 0 Å². The van der Waals surface area contributed by atoms with Crippen molar-refractivity contribution in [1.82, 2.24) is 10.2 Å². The molecule has 2 amide bonds. The molecule has 1 N–H and O–H groups in total. The van der Waals surface area contributed by atoms with Crippen LogP contribution in [0.2, 0.25) is 0 Å². The van der Waals surface area contributed by atoms with E-state index in [-0.39, 0.29) is 24.6 Å². The van der Waals surface area contributed by atoms with Gasteiger partial charge in [-0.15, -0.1) is 0 Å². The van der Waals surface area contributed by atoms with E-state index in [1.54, 1.807) is 0 Å². The number of halogens is 1. The minimum atomic E-state index is -3.94. The first-order valence-electron chi connectivity index (χ1n) is 12.5. The molecule has 3 rings (SSSR count). The fourth-order valence-electron chi connectivity index (χ4n) is 4.17. The Labute approximate surface area is 224 Å². The molecule has 0 saturated heterocycles. The average molecular weight is 540 g/mol. The minimum Gasteiger partial charge on any atom is -0.354 e. The molecule has 3 aromatic rings. The molecule has 0 aliphatic heterocycles. The van der Waals surface area contributed by atoms with Gasteiger partial charge in [-0.3, -0.25) is 13.9 Å². The van der Waals surface area contributed by atoms with Gasteiger partial charge in [0, 0.05) is 19.5 Å². The van der Waals surface area contributed by atoms with E-state index in [0.717, 1.165) is 39.7 Å². The molecule has 202 valence electrons. The molecule has 0 heterocycles. The number of benzene rings is 3. The summed E-state index contributed by atoms with van der Waals surface area (Å²) in [4.78, 5) is 28.7. The molecule has 0 saturated carbocycles. The van der Waals surface area contributed by atoms with Crippen LogP contribution in [0.5, 0.6) is 0 Å². The van der Waals surface area contributed by atoms with Crippen LogP contribution in [0.25, 0.3) is 0 Å². The number of carbonyl (C=O) groups excluding carboxylic acids is 2. The monoisotopic (exact) mass is 539 g/mol. The van der Waals surface area contributed by atoms with Crippen LogP contribution in [0.1, 0.15) is 30.0 Å². The molecule has 0 aliphatic carbocycles. The number of anilines is 1. The fraction of sp³-hybridized carbons (Fsp3) is 0.310. The standard InChI is InChI=1S/C29H34FN3O4S/c1-4-16-31-29(35)27(18-23-11-6-5-7-12-23)32(20-24-13-8-10-22(2)17-24)28(34)21-33(38(3,36)37)26-15-9-14-25(30)19-26/h5-15,17,19,27H,4,16,18,20-21H2,1-3H3,(H,31,35). The van der Waals surface area contributed by atoms with Crippen LogP contribution in [0.3, 0.4) is 0 Å². The second-order valence-corrected chi connectivity index (χ2v) is 11.2. The smallest absolute Gasteiger partial charge is 0.244 e. The molecule has 0 radical (unpaired) electrons. The average Bonchev–Trinajstić information content (AvgIpc) is 2.87. The fourth-order valence-corrected chi connectivity index (χ4v) is 5.01. The van der Waals surface area contributed by atoms with Gasteiger partial charge in [-0.25, -0.2) is 12.8 Å². The molecule has 1 atom stereocenters. The van der Waals surface area contributed by atoms with E-state index in [9.17, 15) is 22.4 Å². The highest BCUT2D eigenvalue weighted by atomic mass is 32.2. The van der Waals surface area contributed by atoms with E-state index < -0.39 is 34.3 Å². The van der Waals surface area contributed by atoms with Crippen LogP contribution in [0, 0.1) is 12.7 Å². The van der Waals surface area contributed by atoms with Crippen LogP contribution < -0.4 is 9.62 Å². The van der Waals surface area contributed by atoms with Gasteiger partial charge in [0.1, 0.15) is 18.4 Å². The Morgan fingerprint density at radius 2 is 1.63 bits per heavy atom. The first kappa shape index (κ1) is 28.8. The van der Waals surface area contributed by atoms with Gasteiger partial charge in [-0.2, -0.15) is 0 Å². The van der Waals surface area contributed by atoms with Gasteiger partial charge in [0.15, 0.2) is 0 Å². The maximum absolute atomic E-state index is 14.0. The zero-order valence-corrected chi connectivity index (χ0v) is 22.7. The van der Waals surface area contributed by atoms with Crippen molar-refractivity contribution in [1.29, 1.82) is 0 Å². The van der Waals surface area contributed by atoms with Crippen molar-refractivity contribution < 1.29 is 22.4 Å². The van der Waals surface area contributed by atoms with Gasteiger partial charge in [0.2, 0.25) is 21.8 Å². The van der Waals surface area contributed by atoms with E-state index in [1.165, 1.54) is 23.1 Å². The first-order valence-corrected chi connectivity index (χ1v) is 14.3. The molecule has 38 heavy (non-hydrogen) atoms. The molecule has 1 unspecified atom stereocenters. The maximum Gasteiger partial charge on any atom is 0.244 e. The van der Waals surface area contributed by atoms with Gasteiger partial charge in [-0.1, -0.05) is 73.2 Å². The lowest BCUT2D eigenvalue weighted by molar-refractivity contribution is -0.140. The third-order valence-electron chi connectivity index (χ3n) is 6.03. The number of hydrogen-bond acceptors (Lipinski definition) is 4. The van der Waals surface area contributed by atoms with Crippen molar-refractivity contribution in [2.24, 2.45) is 0 Å². The largest absolute Gasteiger partial charge is 0.354 e. The molecule has 3 aromatic carbocycles. The van der Waals surface area contributed by atoms with E-state index in [1.807, 2.05) is 68.4 Å². The quantitative estimate of drug-likeness (QED) is 0.376. The lowest BCUT2D eigenvalue weighted by atomic mass is 10.0. The summed E-state index contributed by atoms with van der Waals surface area (Å²) < 4.78 is 40.2. The highest BCUT2D eigenvalue weighted by Gasteiger charge is 2.33. The minimum absolute atomic E-state index is 0.0337. The number of nitrogens with zero attached hydrogens (tertiary/aromatic N) is 2. The van der Waals surface area contributed by atoms with Crippen molar-refractivity contribution >= 4 is 27.5 Å². The number of nitrogens with one attached hydrogen (secondary N) is 1. The molecule has 0 aromatic heterocycles. The predicted molar refractivity (Wildman–Crippen MR) is 148 cm³/mol. The maximum atomic E-state index is 14.0. The number of sulfonamides is 1. The van der Waals surface area contributed by atoms with Gasteiger partial charge in [-0.05, 0) is 42.7 Å². The topological polar surface area (TPSA) is 86.8 Å². The summed E-state index contributed by atoms with van der Waals surface area (Å²) in [7, 11) is -3.94. The molecule has 0 aliphatic rings. The van der Waals surface area contributed by atoms with Crippen molar-refractivity contribution in [3.05, 3.63) is 101 Å². The SMILES string of the molecule is CCCNC(=O)C(Cc1ccccc1)N(Cc1cccc(C)c1)C(=O)CN(c1cccc(F)c1)S(C)(=O)=O. The summed E-state index contributed by atoms with van der Waals surface area (Å²) in [5, 5.41) is 2.89. The molecule has 0 fully saturated rings. The second-order valence-electron chi connectivity index (χ2n) is 9.26. The zero-order chi connectivity index (χ0) is 27.7. The summed E-state index contributed by atoms with van der Waals surface area (Å²) in [6, 6.07) is 21.1. The van der Waals surface area contributed by atoms with E-state index in [2.05, 4.69) is 5.32 Å². The lowest BCUT2D eigenvalue weighted by Crippen LogP contribution is -2.53. The summed E-state index contributed by atoms with van der Waals surface area (Å²) in [6.45, 7) is 3.82. The number of amides is 2. The summed E-state index contributed by atoms with van der Waals surface area (Å²) in [5.74, 6) is -1.52. The summed E-state index contributed by atoms with van der Waals surface area (Å²) in [6.07, 6.45) is 1.93. The Kier molecular flexibility index (Phi) is 10.0. The molecule has 7 nitrogen and oxygen atoms in total. The normalized spacial score (nSPS) is 12.0. The third-order valence-corrected chi connectivity index (χ3v) is 7.17. The second kappa shape index (κ2) is 13.2. The molecule has 0 spiro atoms. The predicted octanol–water partition coefficient (Wildman–Crippen LogP) is 4.07. The number of hydrogen-bond donors (Lipinski definition) is 1. The lowest BCUT2D eigenvalue weighted by Gasteiger charge is -2.33.